The summed E-state index contributed by atoms with van der Waals surface area (Å²) >= 11 is 0. The highest BCUT2D eigenvalue weighted by atomic mass is 32.3. The minimum atomic E-state index is -5.29. The van der Waals surface area contributed by atoms with Gasteiger partial charge in [-0.1, -0.05) is 84.9 Å². The Balaban J connectivity index is 1.17. The number of fused-ring (bicyclic) bond motifs is 9. The molecule has 27 heteroatoms. The van der Waals surface area contributed by atoms with E-state index >= 15 is 0 Å². The zero-order valence-electron chi connectivity index (χ0n) is 35.4. The molecule has 72 heavy (non-hydrogen) atoms. The monoisotopic (exact) mass is 1070 g/mol. The first-order valence-corrected chi connectivity index (χ1v) is 27.1. The summed E-state index contributed by atoms with van der Waals surface area (Å²) in [5.41, 5.74) is 0.358. The molecule has 0 radical (unpaired) electrons. The van der Waals surface area contributed by atoms with Crippen molar-refractivity contribution in [1.82, 2.24) is 4.98 Å². The van der Waals surface area contributed by atoms with Crippen LogP contribution in [0.4, 0.5) is 11.4 Å². The molecule has 0 atom stereocenters. The van der Waals surface area contributed by atoms with Gasteiger partial charge in [0.1, 0.15) is 0 Å². The maximum atomic E-state index is 12.7. The summed E-state index contributed by atoms with van der Waals surface area (Å²) in [6.45, 7) is 0. The maximum absolute atomic E-state index is 12.7. The molecule has 0 amide bonds. The van der Waals surface area contributed by atoms with E-state index in [4.69, 9.17) is 25.9 Å². The first-order chi connectivity index (χ1) is 33.8. The molecule has 0 aliphatic carbocycles. The quantitative estimate of drug-likeness (QED) is 0.0379. The third kappa shape index (κ3) is 8.17. The molecule has 0 aliphatic heterocycles. The van der Waals surface area contributed by atoms with Gasteiger partial charge in [0.15, 0.2) is 28.7 Å². The lowest BCUT2D eigenvalue weighted by atomic mass is 9.89. The van der Waals surface area contributed by atoms with Crippen molar-refractivity contribution in [2.45, 2.75) is 0 Å². The number of hydrogen-bond donors (Lipinski definition) is 6. The van der Waals surface area contributed by atoms with Crippen LogP contribution >= 0.6 is 0 Å². The molecule has 1 aromatic heterocycles. The van der Waals surface area contributed by atoms with Crippen LogP contribution in [0.5, 0.6) is 28.7 Å². The first-order valence-electron chi connectivity index (χ1n) is 20.2. The standard InChI is InChI=1S/C45H26N2O20S5/c48-68(49,50)63-41-26-6-1-3-8-28(26)44(66-71(57,58)59)38-30(41)10-5-11-34(38)46-21-12-13-22-23-18-19-35-37-24(14-16-31(36(23)37)43(33(22)20-21)65-70(54,55)56)25-15-17-32-39(40(25)47-35)45(67-72(60,61)62)29-9-4-2-7-27(29)42(32)64-69(51,52)53/h1-20,46H,(H,48,49,50)(H,51,52,53)(H,54,55,56)(H,57,58,59)(H,60,61,62). The van der Waals surface area contributed by atoms with Gasteiger partial charge in [0.25, 0.3) is 0 Å². The Bertz CT molecular complexity index is 4840. The van der Waals surface area contributed by atoms with Gasteiger partial charge in [0.2, 0.25) is 0 Å². The highest BCUT2D eigenvalue weighted by molar-refractivity contribution is 7.82. The van der Waals surface area contributed by atoms with E-state index < -0.39 is 75.0 Å². The molecule has 0 saturated heterocycles. The van der Waals surface area contributed by atoms with E-state index in [0.717, 1.165) is 0 Å². The molecule has 0 unspecified atom stereocenters. The Morgan fingerprint density at radius 3 is 1.26 bits per heavy atom. The van der Waals surface area contributed by atoms with Crippen molar-refractivity contribution in [3.63, 3.8) is 0 Å². The van der Waals surface area contributed by atoms with Crippen molar-refractivity contribution in [2.75, 3.05) is 5.32 Å². The molecular weight excluding hydrogens is 1050 g/mol. The molecule has 0 saturated carbocycles. The smallest absolute Gasteiger partial charge is 0.360 e. The topological polar surface area (TPSA) is 343 Å². The molecule has 0 fully saturated rings. The second-order valence-electron chi connectivity index (χ2n) is 15.9. The maximum Gasteiger partial charge on any atom is 0.446 e. The molecule has 0 spiro atoms. The van der Waals surface area contributed by atoms with E-state index in [1.165, 1.54) is 97.1 Å². The van der Waals surface area contributed by atoms with Gasteiger partial charge in [-0.15, -0.1) is 0 Å². The van der Waals surface area contributed by atoms with Crippen LogP contribution in [0, 0.1) is 0 Å². The number of hydrogen-bond acceptors (Lipinski definition) is 17. The van der Waals surface area contributed by atoms with E-state index in [-0.39, 0.29) is 82.0 Å². The number of nitrogens with zero attached hydrogens (tertiary/aromatic N) is 1. The Morgan fingerprint density at radius 2 is 0.722 bits per heavy atom. The average Bonchev–Trinajstić information content (AvgIpc) is 3.28. The first kappa shape index (κ1) is 46.7. The second kappa shape index (κ2) is 15.9. The zero-order valence-corrected chi connectivity index (χ0v) is 39.5. The fraction of sp³-hybridized carbons (Fsp3) is 0. The summed E-state index contributed by atoms with van der Waals surface area (Å²) in [4.78, 5) is 4.87. The summed E-state index contributed by atoms with van der Waals surface area (Å²) < 4.78 is 199. The van der Waals surface area contributed by atoms with E-state index in [1.807, 2.05) is 0 Å². The van der Waals surface area contributed by atoms with E-state index in [2.05, 4.69) is 5.32 Å². The molecule has 0 bridgehead atoms. The predicted molar refractivity (Wildman–Crippen MR) is 264 cm³/mol. The number of benzene rings is 10. The molecule has 1 heterocycles. The highest BCUT2D eigenvalue weighted by Crippen LogP contribution is 2.52. The van der Waals surface area contributed by atoms with Crippen molar-refractivity contribution >= 4 is 161 Å². The molecule has 10 aromatic carbocycles. The van der Waals surface area contributed by atoms with Gasteiger partial charge in [-0.25, -0.2) is 4.98 Å². The summed E-state index contributed by atoms with van der Waals surface area (Å²) in [6, 6.07) is 29.1. The van der Waals surface area contributed by atoms with Gasteiger partial charge in [0.05, 0.1) is 27.5 Å². The number of nitrogens with one attached hydrogen (secondary N) is 1. The van der Waals surface area contributed by atoms with Gasteiger partial charge in [-0.3, -0.25) is 22.8 Å². The molecule has 11 aromatic rings. The van der Waals surface area contributed by atoms with E-state index in [1.54, 1.807) is 24.3 Å². The third-order valence-corrected chi connectivity index (χ3v) is 13.6. The van der Waals surface area contributed by atoms with Crippen LogP contribution in [0.2, 0.25) is 0 Å². The molecule has 0 aliphatic rings. The minimum Gasteiger partial charge on any atom is -0.360 e. The van der Waals surface area contributed by atoms with Crippen LogP contribution in [0.25, 0.3) is 97.2 Å². The second-order valence-corrected chi connectivity index (χ2v) is 21.1. The molecule has 22 nitrogen and oxygen atoms in total. The Morgan fingerprint density at radius 1 is 0.333 bits per heavy atom. The van der Waals surface area contributed by atoms with Crippen LogP contribution in [0.1, 0.15) is 0 Å². The summed E-state index contributed by atoms with van der Waals surface area (Å²) in [6.07, 6.45) is 0. The fourth-order valence-corrected chi connectivity index (χ4v) is 11.3. The Kier molecular flexibility index (Phi) is 10.3. The lowest BCUT2D eigenvalue weighted by Crippen LogP contribution is -2.10. The van der Waals surface area contributed by atoms with Crippen LogP contribution in [0.3, 0.4) is 0 Å². The van der Waals surface area contributed by atoms with E-state index in [0.29, 0.717) is 32.3 Å². The summed E-state index contributed by atoms with van der Waals surface area (Å²) in [7, 11) is -26.2. The minimum absolute atomic E-state index is 0.00111. The van der Waals surface area contributed by atoms with Crippen molar-refractivity contribution < 1.29 is 85.8 Å². The van der Waals surface area contributed by atoms with Gasteiger partial charge in [-0.2, -0.15) is 42.1 Å². The number of pyridine rings is 1. The van der Waals surface area contributed by atoms with Crippen molar-refractivity contribution in [1.29, 1.82) is 0 Å². The highest BCUT2D eigenvalue weighted by Gasteiger charge is 2.29. The van der Waals surface area contributed by atoms with Crippen LogP contribution in [-0.4, -0.2) is 69.8 Å². The van der Waals surface area contributed by atoms with Gasteiger partial charge < -0.3 is 26.2 Å². The average molecular weight is 1080 g/mol. The van der Waals surface area contributed by atoms with Crippen LogP contribution in [-0.2, 0) is 52.0 Å². The molecular formula is C45H26N2O20S5. The predicted octanol–water partition coefficient (Wildman–Crippen LogP) is 8.55. The van der Waals surface area contributed by atoms with Crippen molar-refractivity contribution in [3.8, 4) is 28.7 Å². The van der Waals surface area contributed by atoms with Crippen LogP contribution in [0.15, 0.2) is 121 Å². The molecule has 11 rings (SSSR count). The van der Waals surface area contributed by atoms with Gasteiger partial charge in [0, 0.05) is 64.9 Å². The SMILES string of the molecule is O=S(=O)(O)Oc1c2ccccc2c(OS(=O)(=O)O)c2c(Nc3ccc4c(c3)c(OS(=O)(=O)O)c3ccc5c6ccc7c(OS(=O)(=O)O)c8ccccc8c(OS(=O)(=O)O)c7c6nc6ccc4c3c65)cccc12. The Labute approximate surface area is 404 Å². The van der Waals surface area contributed by atoms with Crippen molar-refractivity contribution in [3.05, 3.63) is 121 Å². The molecule has 366 valence electrons. The fourth-order valence-electron chi connectivity index (χ4n) is 9.40. The lowest BCUT2D eigenvalue weighted by Gasteiger charge is -2.20. The molecule has 6 N–H and O–H groups in total. The van der Waals surface area contributed by atoms with Gasteiger partial charge in [-0.05, 0) is 52.6 Å². The lowest BCUT2D eigenvalue weighted by molar-refractivity contribution is 0.385. The summed E-state index contributed by atoms with van der Waals surface area (Å²) in [5.74, 6) is -2.20. The number of rotatable bonds is 12. The van der Waals surface area contributed by atoms with E-state index in [9.17, 15) is 64.9 Å². The number of anilines is 2. The largest absolute Gasteiger partial charge is 0.446 e. The third-order valence-electron chi connectivity index (χ3n) is 11.7. The van der Waals surface area contributed by atoms with Gasteiger partial charge >= 0.3 is 52.0 Å². The zero-order chi connectivity index (χ0) is 51.0. The van der Waals surface area contributed by atoms with Crippen molar-refractivity contribution in [2.24, 2.45) is 0 Å². The Hall–Kier alpha value is -7.70. The summed E-state index contributed by atoms with van der Waals surface area (Å²) in [5, 5.41) is 4.77. The normalized spacial score (nSPS) is 13.1. The van der Waals surface area contributed by atoms with Crippen LogP contribution < -0.4 is 26.2 Å². The number of aromatic nitrogens is 1.